The maximum Gasteiger partial charge on any atom is 0.161 e. The SMILES string of the molecule is CCCNC(COCCC)c1ccc2c(c1)OCCO2. The second-order valence-electron chi connectivity index (χ2n) is 4.98. The van der Waals surface area contributed by atoms with Crippen LogP contribution in [-0.2, 0) is 4.74 Å². The van der Waals surface area contributed by atoms with E-state index in [4.69, 9.17) is 14.2 Å². The topological polar surface area (TPSA) is 39.7 Å². The monoisotopic (exact) mass is 279 g/mol. The van der Waals surface area contributed by atoms with Crippen LogP contribution in [0.25, 0.3) is 0 Å². The molecule has 112 valence electrons. The van der Waals surface area contributed by atoms with Crippen molar-refractivity contribution in [3.8, 4) is 11.5 Å². The van der Waals surface area contributed by atoms with Crippen LogP contribution in [0.15, 0.2) is 18.2 Å². The van der Waals surface area contributed by atoms with Gasteiger partial charge in [-0.05, 0) is 37.1 Å². The van der Waals surface area contributed by atoms with Crippen molar-refractivity contribution >= 4 is 0 Å². The lowest BCUT2D eigenvalue weighted by atomic mass is 10.1. The van der Waals surface area contributed by atoms with Crippen molar-refractivity contribution in [2.24, 2.45) is 0 Å². The smallest absolute Gasteiger partial charge is 0.161 e. The van der Waals surface area contributed by atoms with E-state index in [-0.39, 0.29) is 6.04 Å². The van der Waals surface area contributed by atoms with Crippen LogP contribution in [-0.4, -0.2) is 33.0 Å². The lowest BCUT2D eigenvalue weighted by Gasteiger charge is -2.23. The molecule has 1 aliphatic heterocycles. The third-order valence-corrected chi connectivity index (χ3v) is 3.24. The predicted octanol–water partition coefficient (Wildman–Crippen LogP) is 2.93. The Kier molecular flexibility index (Phi) is 6.15. The van der Waals surface area contributed by atoms with Crippen LogP contribution in [0, 0.1) is 0 Å². The van der Waals surface area contributed by atoms with Gasteiger partial charge in [0.2, 0.25) is 0 Å². The Morgan fingerprint density at radius 1 is 1.15 bits per heavy atom. The van der Waals surface area contributed by atoms with Gasteiger partial charge in [-0.1, -0.05) is 19.9 Å². The quantitative estimate of drug-likeness (QED) is 0.743. The first-order valence-electron chi connectivity index (χ1n) is 7.55. The van der Waals surface area contributed by atoms with Crippen LogP contribution in [0.2, 0.25) is 0 Å². The summed E-state index contributed by atoms with van der Waals surface area (Å²) in [6, 6.07) is 6.36. The first-order valence-corrected chi connectivity index (χ1v) is 7.55. The molecule has 1 N–H and O–H groups in total. The molecule has 4 nitrogen and oxygen atoms in total. The van der Waals surface area contributed by atoms with Gasteiger partial charge in [0.25, 0.3) is 0 Å². The molecule has 0 bridgehead atoms. The van der Waals surface area contributed by atoms with E-state index < -0.39 is 0 Å². The fourth-order valence-corrected chi connectivity index (χ4v) is 2.21. The van der Waals surface area contributed by atoms with E-state index >= 15 is 0 Å². The Balaban J connectivity index is 2.06. The third-order valence-electron chi connectivity index (χ3n) is 3.24. The number of fused-ring (bicyclic) bond motifs is 1. The highest BCUT2D eigenvalue weighted by molar-refractivity contribution is 5.44. The predicted molar refractivity (Wildman–Crippen MR) is 79.6 cm³/mol. The maximum absolute atomic E-state index is 5.71. The minimum Gasteiger partial charge on any atom is -0.486 e. The number of nitrogens with one attached hydrogen (secondary N) is 1. The summed E-state index contributed by atoms with van der Waals surface area (Å²) < 4.78 is 16.9. The van der Waals surface area contributed by atoms with Crippen molar-refractivity contribution in [2.45, 2.75) is 32.7 Å². The van der Waals surface area contributed by atoms with Gasteiger partial charge in [-0.3, -0.25) is 0 Å². The van der Waals surface area contributed by atoms with Gasteiger partial charge >= 0.3 is 0 Å². The molecule has 1 aromatic carbocycles. The van der Waals surface area contributed by atoms with Crippen molar-refractivity contribution in [3.05, 3.63) is 23.8 Å². The summed E-state index contributed by atoms with van der Waals surface area (Å²) in [5.74, 6) is 1.68. The maximum atomic E-state index is 5.71. The summed E-state index contributed by atoms with van der Waals surface area (Å²) >= 11 is 0. The molecule has 1 aromatic rings. The molecule has 20 heavy (non-hydrogen) atoms. The highest BCUT2D eigenvalue weighted by Crippen LogP contribution is 2.32. The highest BCUT2D eigenvalue weighted by atomic mass is 16.6. The van der Waals surface area contributed by atoms with Crippen LogP contribution in [0.4, 0.5) is 0 Å². The Morgan fingerprint density at radius 2 is 1.95 bits per heavy atom. The second-order valence-corrected chi connectivity index (χ2v) is 4.98. The molecule has 4 heteroatoms. The van der Waals surface area contributed by atoms with Crippen LogP contribution in [0.5, 0.6) is 11.5 Å². The van der Waals surface area contributed by atoms with E-state index in [0.717, 1.165) is 37.5 Å². The fourth-order valence-electron chi connectivity index (χ4n) is 2.21. The molecule has 0 saturated heterocycles. The Morgan fingerprint density at radius 3 is 2.70 bits per heavy atom. The molecule has 1 unspecified atom stereocenters. The zero-order chi connectivity index (χ0) is 14.2. The van der Waals surface area contributed by atoms with Gasteiger partial charge < -0.3 is 19.5 Å². The minimum atomic E-state index is 0.206. The van der Waals surface area contributed by atoms with Crippen molar-refractivity contribution in [3.63, 3.8) is 0 Å². The van der Waals surface area contributed by atoms with E-state index in [1.54, 1.807) is 0 Å². The van der Waals surface area contributed by atoms with Gasteiger partial charge in [-0.2, -0.15) is 0 Å². The standard InChI is InChI=1S/C16H25NO3/c1-3-7-17-14(12-18-8-4-2)13-5-6-15-16(11-13)20-10-9-19-15/h5-6,11,14,17H,3-4,7-10,12H2,1-2H3. The molecular formula is C16H25NO3. The van der Waals surface area contributed by atoms with E-state index in [2.05, 4.69) is 31.3 Å². The molecular weight excluding hydrogens is 254 g/mol. The van der Waals surface area contributed by atoms with Gasteiger partial charge in [0, 0.05) is 6.61 Å². The van der Waals surface area contributed by atoms with E-state index in [9.17, 15) is 0 Å². The summed E-state index contributed by atoms with van der Waals surface area (Å²) in [7, 11) is 0. The Bertz CT molecular complexity index is 409. The third kappa shape index (κ3) is 4.12. The van der Waals surface area contributed by atoms with E-state index in [1.165, 1.54) is 5.56 Å². The van der Waals surface area contributed by atoms with Crippen LogP contribution >= 0.6 is 0 Å². The zero-order valence-corrected chi connectivity index (χ0v) is 12.5. The summed E-state index contributed by atoms with van der Waals surface area (Å²) in [4.78, 5) is 0. The van der Waals surface area contributed by atoms with Gasteiger partial charge in [0.05, 0.1) is 12.6 Å². The van der Waals surface area contributed by atoms with Gasteiger partial charge in [-0.25, -0.2) is 0 Å². The van der Waals surface area contributed by atoms with Crippen LogP contribution in [0.3, 0.4) is 0 Å². The largest absolute Gasteiger partial charge is 0.486 e. The number of hydrogen-bond acceptors (Lipinski definition) is 4. The first kappa shape index (κ1) is 15.1. The normalized spacial score (nSPS) is 15.1. The molecule has 0 amide bonds. The molecule has 2 rings (SSSR count). The molecule has 0 saturated carbocycles. The summed E-state index contributed by atoms with van der Waals surface area (Å²) in [5.41, 5.74) is 1.19. The average molecular weight is 279 g/mol. The lowest BCUT2D eigenvalue weighted by molar-refractivity contribution is 0.111. The van der Waals surface area contributed by atoms with E-state index in [0.29, 0.717) is 19.8 Å². The Hall–Kier alpha value is -1.26. The Labute approximate surface area is 121 Å². The number of hydrogen-bond donors (Lipinski definition) is 1. The number of rotatable bonds is 8. The fraction of sp³-hybridized carbons (Fsp3) is 0.625. The van der Waals surface area contributed by atoms with Crippen molar-refractivity contribution in [1.82, 2.24) is 5.32 Å². The van der Waals surface area contributed by atoms with Crippen molar-refractivity contribution in [1.29, 1.82) is 0 Å². The molecule has 0 spiro atoms. The summed E-state index contributed by atoms with van der Waals surface area (Å²) in [6.07, 6.45) is 2.15. The summed E-state index contributed by atoms with van der Waals surface area (Å²) in [6.45, 7) is 8.01. The number of benzene rings is 1. The van der Waals surface area contributed by atoms with Gasteiger partial charge in [0.1, 0.15) is 13.2 Å². The van der Waals surface area contributed by atoms with Crippen LogP contribution in [0.1, 0.15) is 38.3 Å². The molecule has 1 heterocycles. The second kappa shape index (κ2) is 8.12. The molecule has 0 aromatic heterocycles. The number of ether oxygens (including phenoxy) is 3. The van der Waals surface area contributed by atoms with E-state index in [1.807, 2.05) is 6.07 Å². The van der Waals surface area contributed by atoms with Crippen molar-refractivity contribution < 1.29 is 14.2 Å². The molecule has 1 atom stereocenters. The minimum absolute atomic E-state index is 0.206. The lowest BCUT2D eigenvalue weighted by Crippen LogP contribution is -2.27. The van der Waals surface area contributed by atoms with Gasteiger partial charge in [-0.15, -0.1) is 0 Å². The average Bonchev–Trinajstić information content (AvgIpc) is 2.50. The highest BCUT2D eigenvalue weighted by Gasteiger charge is 2.16. The van der Waals surface area contributed by atoms with Gasteiger partial charge in [0.15, 0.2) is 11.5 Å². The van der Waals surface area contributed by atoms with Crippen LogP contribution < -0.4 is 14.8 Å². The first-order chi connectivity index (χ1) is 9.85. The molecule has 0 fully saturated rings. The summed E-state index contributed by atoms with van der Waals surface area (Å²) in [5, 5.41) is 3.53. The molecule has 1 aliphatic rings. The van der Waals surface area contributed by atoms with Crippen molar-refractivity contribution in [2.75, 3.05) is 33.0 Å². The molecule has 0 radical (unpaired) electrons. The molecule has 0 aliphatic carbocycles. The zero-order valence-electron chi connectivity index (χ0n) is 12.5.